The smallest absolute Gasteiger partial charge is 0.319 e. The Bertz CT molecular complexity index is 840. The number of fused-ring (bicyclic) bond motifs is 1. The number of benzene rings is 1. The number of nitrogens with zero attached hydrogens (tertiary/aromatic N) is 4. The molecule has 1 aromatic heterocycles. The van der Waals surface area contributed by atoms with Gasteiger partial charge in [0, 0.05) is 68.5 Å². The van der Waals surface area contributed by atoms with Crippen molar-refractivity contribution >= 4 is 11.7 Å². The first kappa shape index (κ1) is 19.9. The van der Waals surface area contributed by atoms with Crippen molar-refractivity contribution in [1.82, 2.24) is 24.7 Å². The molecule has 2 aliphatic rings. The standard InChI is InChI=1S/C22H32N6O/c1-17(27-12-10-26(2)11-13-27)15-24-22(29)25-19-7-5-6-18(14-19)21-23-16-20-8-3-4-9-28(20)21/h5-7,14,16-17H,3-4,8-13,15H2,1-2H3,(H2,24,25,29). The lowest BCUT2D eigenvalue weighted by atomic mass is 10.1. The normalized spacial score (nSPS) is 18.8. The van der Waals surface area contributed by atoms with E-state index in [0.717, 1.165) is 56.2 Å². The Kier molecular flexibility index (Phi) is 6.16. The number of amides is 2. The van der Waals surface area contributed by atoms with Crippen LogP contribution in [0.2, 0.25) is 0 Å². The SMILES string of the molecule is CC(CNC(=O)Nc1cccc(-c2ncc3n2CCCC3)c1)N1CCN(C)CC1. The summed E-state index contributed by atoms with van der Waals surface area (Å²) in [6.07, 6.45) is 5.52. The molecule has 2 amide bonds. The molecule has 0 radical (unpaired) electrons. The third kappa shape index (κ3) is 4.79. The minimum Gasteiger partial charge on any atom is -0.336 e. The monoisotopic (exact) mass is 396 g/mol. The average Bonchev–Trinajstić information content (AvgIpc) is 3.17. The first-order valence-electron chi connectivity index (χ1n) is 10.7. The fourth-order valence-electron chi connectivity index (χ4n) is 4.21. The highest BCUT2D eigenvalue weighted by atomic mass is 16.2. The quantitative estimate of drug-likeness (QED) is 0.816. The molecule has 2 aliphatic heterocycles. The van der Waals surface area contributed by atoms with Crippen molar-refractivity contribution in [2.24, 2.45) is 0 Å². The number of nitrogens with one attached hydrogen (secondary N) is 2. The average molecular weight is 397 g/mol. The van der Waals surface area contributed by atoms with Crippen LogP contribution >= 0.6 is 0 Å². The second-order valence-corrected chi connectivity index (χ2v) is 8.29. The molecular weight excluding hydrogens is 364 g/mol. The largest absolute Gasteiger partial charge is 0.336 e. The topological polar surface area (TPSA) is 65.4 Å². The zero-order valence-electron chi connectivity index (χ0n) is 17.5. The molecule has 7 nitrogen and oxygen atoms in total. The van der Waals surface area contributed by atoms with Crippen LogP contribution in [-0.4, -0.2) is 71.2 Å². The van der Waals surface area contributed by atoms with Crippen molar-refractivity contribution in [1.29, 1.82) is 0 Å². The van der Waals surface area contributed by atoms with Crippen molar-refractivity contribution in [2.45, 2.75) is 38.8 Å². The zero-order valence-corrected chi connectivity index (χ0v) is 17.5. The Labute approximate surface area is 173 Å². The molecule has 0 aliphatic carbocycles. The Morgan fingerprint density at radius 2 is 2.00 bits per heavy atom. The van der Waals surface area contributed by atoms with Gasteiger partial charge in [-0.2, -0.15) is 0 Å². The molecule has 156 valence electrons. The zero-order chi connectivity index (χ0) is 20.2. The van der Waals surface area contributed by atoms with Gasteiger partial charge >= 0.3 is 6.03 Å². The molecule has 3 heterocycles. The van der Waals surface area contributed by atoms with E-state index in [2.05, 4.69) is 50.0 Å². The summed E-state index contributed by atoms with van der Waals surface area (Å²) in [5, 5.41) is 5.99. The highest BCUT2D eigenvalue weighted by Crippen LogP contribution is 2.26. The predicted octanol–water partition coefficient (Wildman–Crippen LogP) is 2.64. The lowest BCUT2D eigenvalue weighted by Crippen LogP contribution is -2.51. The van der Waals surface area contributed by atoms with Crippen LogP contribution in [0.5, 0.6) is 0 Å². The Morgan fingerprint density at radius 1 is 1.17 bits per heavy atom. The van der Waals surface area contributed by atoms with Gasteiger partial charge in [-0.15, -0.1) is 0 Å². The van der Waals surface area contributed by atoms with E-state index in [1.54, 1.807) is 0 Å². The van der Waals surface area contributed by atoms with Crippen molar-refractivity contribution in [3.63, 3.8) is 0 Å². The summed E-state index contributed by atoms with van der Waals surface area (Å²) in [5.74, 6) is 0.993. The Balaban J connectivity index is 1.33. The summed E-state index contributed by atoms with van der Waals surface area (Å²) in [5.41, 5.74) is 3.14. The maximum Gasteiger partial charge on any atom is 0.319 e. The molecule has 29 heavy (non-hydrogen) atoms. The fraction of sp³-hybridized carbons (Fsp3) is 0.545. The number of hydrogen-bond acceptors (Lipinski definition) is 4. The van der Waals surface area contributed by atoms with Crippen molar-refractivity contribution in [3.8, 4) is 11.4 Å². The molecule has 0 bridgehead atoms. The number of aromatic nitrogens is 2. The van der Waals surface area contributed by atoms with Gasteiger partial charge < -0.3 is 20.1 Å². The molecule has 0 spiro atoms. The van der Waals surface area contributed by atoms with E-state index in [-0.39, 0.29) is 6.03 Å². The van der Waals surface area contributed by atoms with E-state index in [1.165, 1.54) is 18.5 Å². The maximum absolute atomic E-state index is 12.4. The van der Waals surface area contributed by atoms with Crippen LogP contribution in [0.15, 0.2) is 30.5 Å². The maximum atomic E-state index is 12.4. The minimum absolute atomic E-state index is 0.159. The highest BCUT2D eigenvalue weighted by Gasteiger charge is 2.19. The molecule has 4 rings (SSSR count). The molecule has 1 saturated heterocycles. The van der Waals surface area contributed by atoms with Crippen LogP contribution in [0.4, 0.5) is 10.5 Å². The number of hydrogen-bond donors (Lipinski definition) is 2. The van der Waals surface area contributed by atoms with Gasteiger partial charge in [0.05, 0.1) is 0 Å². The van der Waals surface area contributed by atoms with Gasteiger partial charge in [0.15, 0.2) is 0 Å². The lowest BCUT2D eigenvalue weighted by molar-refractivity contribution is 0.119. The third-order valence-corrected chi connectivity index (χ3v) is 6.10. The molecule has 1 atom stereocenters. The van der Waals surface area contributed by atoms with E-state index in [0.29, 0.717) is 12.6 Å². The number of likely N-dealkylation sites (N-methyl/N-ethyl adjacent to an activating group) is 1. The number of imidazole rings is 1. The summed E-state index contributed by atoms with van der Waals surface area (Å²) in [4.78, 5) is 21.8. The predicted molar refractivity (Wildman–Crippen MR) is 116 cm³/mol. The van der Waals surface area contributed by atoms with Crippen molar-refractivity contribution < 1.29 is 4.79 Å². The molecule has 2 N–H and O–H groups in total. The van der Waals surface area contributed by atoms with E-state index >= 15 is 0 Å². The summed E-state index contributed by atoms with van der Waals surface area (Å²) in [6.45, 7) is 8.11. The van der Waals surface area contributed by atoms with Crippen molar-refractivity contribution in [2.75, 3.05) is 45.1 Å². The number of urea groups is 1. The summed E-state index contributed by atoms with van der Waals surface area (Å²) < 4.78 is 2.31. The molecule has 7 heteroatoms. The molecule has 1 unspecified atom stereocenters. The minimum atomic E-state index is -0.159. The van der Waals surface area contributed by atoms with Crippen LogP contribution < -0.4 is 10.6 Å². The number of rotatable bonds is 5. The van der Waals surface area contributed by atoms with E-state index < -0.39 is 0 Å². The van der Waals surface area contributed by atoms with E-state index in [1.807, 2.05) is 24.4 Å². The van der Waals surface area contributed by atoms with Gasteiger partial charge in [0.25, 0.3) is 0 Å². The summed E-state index contributed by atoms with van der Waals surface area (Å²) in [6, 6.07) is 8.14. The first-order valence-corrected chi connectivity index (χ1v) is 10.7. The van der Waals surface area contributed by atoms with Crippen LogP contribution in [0, 0.1) is 0 Å². The van der Waals surface area contributed by atoms with Gasteiger partial charge in [0.1, 0.15) is 5.82 Å². The second kappa shape index (κ2) is 8.97. The number of anilines is 1. The van der Waals surface area contributed by atoms with Crippen LogP contribution in [-0.2, 0) is 13.0 Å². The Hall–Kier alpha value is -2.38. The third-order valence-electron chi connectivity index (χ3n) is 6.10. The van der Waals surface area contributed by atoms with Crippen LogP contribution in [0.1, 0.15) is 25.5 Å². The number of carbonyl (C=O) groups is 1. The summed E-state index contributed by atoms with van der Waals surface area (Å²) in [7, 11) is 2.15. The van der Waals surface area contributed by atoms with Crippen molar-refractivity contribution in [3.05, 3.63) is 36.2 Å². The summed E-state index contributed by atoms with van der Waals surface area (Å²) >= 11 is 0. The van der Waals surface area contributed by atoms with Gasteiger partial charge in [-0.3, -0.25) is 4.90 Å². The van der Waals surface area contributed by atoms with Crippen LogP contribution in [0.3, 0.4) is 0 Å². The van der Waals surface area contributed by atoms with Gasteiger partial charge in [0.2, 0.25) is 0 Å². The van der Waals surface area contributed by atoms with E-state index in [9.17, 15) is 4.79 Å². The highest BCUT2D eigenvalue weighted by molar-refractivity contribution is 5.90. The molecule has 2 aromatic rings. The van der Waals surface area contributed by atoms with Gasteiger partial charge in [-0.1, -0.05) is 12.1 Å². The molecule has 1 aromatic carbocycles. The van der Waals surface area contributed by atoms with E-state index in [4.69, 9.17) is 0 Å². The number of carbonyl (C=O) groups excluding carboxylic acids is 1. The van der Waals surface area contributed by atoms with Crippen LogP contribution in [0.25, 0.3) is 11.4 Å². The number of aryl methyl sites for hydroxylation is 1. The van der Waals surface area contributed by atoms with Gasteiger partial charge in [-0.05, 0) is 45.4 Å². The molecule has 1 fully saturated rings. The number of piperazine rings is 1. The van der Waals surface area contributed by atoms with Gasteiger partial charge in [-0.25, -0.2) is 9.78 Å². The Morgan fingerprint density at radius 3 is 2.83 bits per heavy atom. The second-order valence-electron chi connectivity index (χ2n) is 8.29. The molecular formula is C22H32N6O. The molecule has 0 saturated carbocycles. The lowest BCUT2D eigenvalue weighted by Gasteiger charge is -2.36. The first-order chi connectivity index (χ1) is 14.1. The fourth-order valence-corrected chi connectivity index (χ4v) is 4.21.